The number of hydrogen-bond acceptors (Lipinski definition) is 8. The van der Waals surface area contributed by atoms with Crippen molar-refractivity contribution in [2.24, 2.45) is 5.92 Å². The van der Waals surface area contributed by atoms with Crippen molar-refractivity contribution in [3.05, 3.63) is 105 Å². The molecule has 2 aromatic heterocycles. The van der Waals surface area contributed by atoms with Crippen LogP contribution in [-0.4, -0.2) is 66.9 Å². The number of anilines is 1. The summed E-state index contributed by atoms with van der Waals surface area (Å²) in [5.41, 5.74) is 2.54. The Labute approximate surface area is 271 Å². The first-order chi connectivity index (χ1) is 22.3. The highest BCUT2D eigenvalue weighted by Crippen LogP contribution is 2.53. The van der Waals surface area contributed by atoms with Crippen molar-refractivity contribution in [3.63, 3.8) is 0 Å². The molecule has 4 atom stereocenters. The molecule has 2 saturated heterocycles. The van der Waals surface area contributed by atoms with Crippen molar-refractivity contribution < 1.29 is 23.5 Å². The van der Waals surface area contributed by atoms with Crippen LogP contribution in [0.4, 0.5) is 10.5 Å². The molecule has 4 aromatic rings. The Bertz CT molecular complexity index is 1770. The highest BCUT2D eigenvalue weighted by atomic mass is 32.1. The Morgan fingerprint density at radius 1 is 1.00 bits per heavy atom. The van der Waals surface area contributed by atoms with Gasteiger partial charge in [-0.3, -0.25) is 9.59 Å². The molecular formula is C35H35N5O5S. The minimum atomic E-state index is -1.00. The van der Waals surface area contributed by atoms with E-state index in [4.69, 9.17) is 9.15 Å². The molecule has 2 fully saturated rings. The third kappa shape index (κ3) is 5.89. The zero-order chi connectivity index (χ0) is 32.4. The second-order valence-corrected chi connectivity index (χ2v) is 12.5. The zero-order valence-electron chi connectivity index (χ0n) is 25.9. The Hall–Kier alpha value is -4.92. The van der Waals surface area contributed by atoms with Gasteiger partial charge in [0.2, 0.25) is 11.7 Å². The summed E-state index contributed by atoms with van der Waals surface area (Å²) in [6.07, 6.45) is 0. The predicted molar refractivity (Wildman–Crippen MR) is 174 cm³/mol. The Morgan fingerprint density at radius 3 is 2.30 bits per heavy atom. The van der Waals surface area contributed by atoms with Gasteiger partial charge in [0.25, 0.3) is 0 Å². The fraction of sp³-hybridized carbons (Fsp3) is 0.314. The summed E-state index contributed by atoms with van der Waals surface area (Å²) in [6, 6.07) is 18.9. The van der Waals surface area contributed by atoms with Crippen molar-refractivity contribution in [1.82, 2.24) is 15.1 Å². The summed E-state index contributed by atoms with van der Waals surface area (Å²) in [5.74, 6) is -0.647. The predicted octanol–water partition coefficient (Wildman–Crippen LogP) is 5.51. The molecule has 10 nitrogen and oxygen atoms in total. The molecule has 2 aliphatic rings. The van der Waals surface area contributed by atoms with Crippen molar-refractivity contribution in [1.29, 1.82) is 5.26 Å². The quantitative estimate of drug-likeness (QED) is 0.256. The van der Waals surface area contributed by atoms with E-state index in [0.717, 1.165) is 10.4 Å². The number of rotatable bonds is 7. The number of ketones is 1. The number of hydrogen-bond donors (Lipinski definition) is 2. The van der Waals surface area contributed by atoms with Gasteiger partial charge in [0.1, 0.15) is 17.6 Å². The van der Waals surface area contributed by atoms with Gasteiger partial charge in [-0.05, 0) is 85.0 Å². The van der Waals surface area contributed by atoms with E-state index in [2.05, 4.69) is 16.7 Å². The van der Waals surface area contributed by atoms with Gasteiger partial charge < -0.3 is 29.6 Å². The van der Waals surface area contributed by atoms with Crippen LogP contribution in [0.5, 0.6) is 5.75 Å². The molecule has 2 aromatic carbocycles. The number of furan rings is 1. The van der Waals surface area contributed by atoms with E-state index in [1.165, 1.54) is 11.3 Å². The number of piperazine rings is 1. The largest absolute Gasteiger partial charge is 0.497 e. The molecule has 0 saturated carbocycles. The van der Waals surface area contributed by atoms with Crippen molar-refractivity contribution in [2.75, 3.05) is 38.6 Å². The molecule has 4 heterocycles. The fourth-order valence-corrected chi connectivity index (χ4v) is 7.67. The summed E-state index contributed by atoms with van der Waals surface area (Å²) < 4.78 is 11.2. The molecule has 236 valence electrons. The van der Waals surface area contributed by atoms with Crippen LogP contribution in [-0.2, 0) is 4.79 Å². The number of carbonyl (C=O) groups is 3. The number of carbonyl (C=O) groups excluding carboxylic acids is 3. The number of aryl methyl sites for hydroxylation is 2. The monoisotopic (exact) mass is 637 g/mol. The van der Waals surface area contributed by atoms with Crippen LogP contribution in [0.3, 0.4) is 0 Å². The second kappa shape index (κ2) is 13.2. The maximum absolute atomic E-state index is 14.7. The van der Waals surface area contributed by atoms with Gasteiger partial charge >= 0.3 is 6.03 Å². The first-order valence-electron chi connectivity index (χ1n) is 15.2. The number of methoxy groups -OCH3 is 1. The van der Waals surface area contributed by atoms with Gasteiger partial charge in [0.05, 0.1) is 30.7 Å². The second-order valence-electron chi connectivity index (χ2n) is 11.6. The molecule has 6 rings (SSSR count). The number of likely N-dealkylation sites (tertiary alicyclic amines) is 1. The smallest absolute Gasteiger partial charge is 0.323 e. The first-order valence-corrected chi connectivity index (χ1v) is 16.1. The van der Waals surface area contributed by atoms with Crippen LogP contribution in [0.15, 0.2) is 76.5 Å². The maximum Gasteiger partial charge on any atom is 0.323 e. The summed E-state index contributed by atoms with van der Waals surface area (Å²) in [7, 11) is 1.57. The lowest BCUT2D eigenvalue weighted by Gasteiger charge is -2.36. The SMILES string of the molecule is COc1ccc(NC(=O)N2C(C(=O)N3CCNCC3)C(c3sccc3C)C(C(=O)c3ccc(C)o3)C2c2ccc(C#N)cc2)cc1. The van der Waals surface area contributed by atoms with E-state index in [0.29, 0.717) is 54.5 Å². The average molecular weight is 638 g/mol. The number of ether oxygens (including phenoxy) is 1. The van der Waals surface area contributed by atoms with Crippen molar-refractivity contribution in [2.45, 2.75) is 31.8 Å². The molecule has 46 heavy (non-hydrogen) atoms. The number of nitrogens with one attached hydrogen (secondary N) is 2. The van der Waals surface area contributed by atoms with Gasteiger partial charge in [-0.25, -0.2) is 4.79 Å². The van der Waals surface area contributed by atoms with Crippen LogP contribution < -0.4 is 15.4 Å². The first kappa shape index (κ1) is 31.1. The van der Waals surface area contributed by atoms with Gasteiger partial charge in [-0.2, -0.15) is 5.26 Å². The Kier molecular flexibility index (Phi) is 8.92. The number of nitriles is 1. The summed E-state index contributed by atoms with van der Waals surface area (Å²) >= 11 is 1.48. The van der Waals surface area contributed by atoms with E-state index in [1.807, 2.05) is 18.4 Å². The van der Waals surface area contributed by atoms with Gasteiger partial charge in [-0.15, -0.1) is 11.3 Å². The number of nitrogens with zero attached hydrogens (tertiary/aromatic N) is 3. The number of thiophene rings is 1. The molecule has 3 amide bonds. The molecule has 0 spiro atoms. The number of Topliss-reactive ketones (excluding diaryl/α,β-unsaturated/α-hetero) is 1. The van der Waals surface area contributed by atoms with Crippen molar-refractivity contribution in [3.8, 4) is 11.8 Å². The van der Waals surface area contributed by atoms with E-state index in [9.17, 15) is 19.6 Å². The van der Waals surface area contributed by atoms with E-state index < -0.39 is 30.0 Å². The fourth-order valence-electron chi connectivity index (χ4n) is 6.56. The third-order valence-electron chi connectivity index (χ3n) is 8.80. The Morgan fingerprint density at radius 2 is 1.72 bits per heavy atom. The van der Waals surface area contributed by atoms with Gasteiger partial charge in [0, 0.05) is 42.7 Å². The molecule has 0 aliphatic carbocycles. The molecule has 0 bridgehead atoms. The molecule has 0 radical (unpaired) electrons. The van der Waals surface area contributed by atoms with Crippen LogP contribution >= 0.6 is 11.3 Å². The highest BCUT2D eigenvalue weighted by Gasteiger charge is 2.59. The lowest BCUT2D eigenvalue weighted by molar-refractivity contribution is -0.136. The molecular weight excluding hydrogens is 602 g/mol. The molecule has 4 unspecified atom stereocenters. The lowest BCUT2D eigenvalue weighted by Crippen LogP contribution is -2.55. The molecule has 11 heteroatoms. The topological polar surface area (TPSA) is 128 Å². The normalized spacial score (nSPS) is 21.1. The van der Waals surface area contributed by atoms with Crippen LogP contribution in [0.1, 0.15) is 49.8 Å². The molecule has 2 N–H and O–H groups in total. The van der Waals surface area contributed by atoms with Gasteiger partial charge in [-0.1, -0.05) is 12.1 Å². The van der Waals surface area contributed by atoms with Crippen LogP contribution in [0, 0.1) is 31.1 Å². The number of amides is 3. The van der Waals surface area contributed by atoms with Crippen molar-refractivity contribution >= 4 is 34.7 Å². The van der Waals surface area contributed by atoms with E-state index >= 15 is 0 Å². The van der Waals surface area contributed by atoms with E-state index in [1.54, 1.807) is 84.5 Å². The standard InChI is InChI=1S/C35H35N5O5S/c1-21-14-19-46-33(21)29-28(32(41)27-13-4-22(2)45-27)30(24-7-5-23(20-36)6-8-24)40(31(29)34(42)39-17-15-37-16-18-39)35(43)38-25-9-11-26(44-3)12-10-25/h4-14,19,28-31,37H,15-18H2,1-3H3,(H,38,43). The highest BCUT2D eigenvalue weighted by molar-refractivity contribution is 7.10. The Balaban J connectivity index is 1.56. The maximum atomic E-state index is 14.7. The number of benzene rings is 2. The average Bonchev–Trinajstić information content (AvgIpc) is 3.81. The van der Waals surface area contributed by atoms with Crippen LogP contribution in [0.2, 0.25) is 0 Å². The van der Waals surface area contributed by atoms with Gasteiger partial charge in [0.15, 0.2) is 5.76 Å². The summed E-state index contributed by atoms with van der Waals surface area (Å²) in [5, 5.41) is 17.8. The number of urea groups is 1. The minimum absolute atomic E-state index is 0.172. The summed E-state index contributed by atoms with van der Waals surface area (Å²) in [6.45, 7) is 5.97. The summed E-state index contributed by atoms with van der Waals surface area (Å²) in [4.78, 5) is 48.2. The van der Waals surface area contributed by atoms with E-state index in [-0.39, 0.29) is 17.5 Å². The lowest BCUT2D eigenvalue weighted by atomic mass is 9.78. The van der Waals surface area contributed by atoms with Crippen LogP contribution in [0.25, 0.3) is 0 Å². The third-order valence-corrected chi connectivity index (χ3v) is 9.92. The zero-order valence-corrected chi connectivity index (χ0v) is 26.7. The minimum Gasteiger partial charge on any atom is -0.497 e. The molecule has 2 aliphatic heterocycles.